The lowest BCUT2D eigenvalue weighted by atomic mass is 10.0. The fourth-order valence-electron chi connectivity index (χ4n) is 2.72. The van der Waals surface area contributed by atoms with Crippen LogP contribution in [0.4, 0.5) is 5.69 Å². The molecule has 19 heavy (non-hydrogen) atoms. The molecule has 1 atom stereocenters. The molecule has 0 spiro atoms. The molecule has 3 rings (SSSR count). The van der Waals surface area contributed by atoms with E-state index in [-0.39, 0.29) is 0 Å². The van der Waals surface area contributed by atoms with Gasteiger partial charge in [0.25, 0.3) is 0 Å². The number of fused-ring (bicyclic) bond motifs is 1. The van der Waals surface area contributed by atoms with Gasteiger partial charge in [-0.3, -0.25) is 0 Å². The molecule has 0 amide bonds. The van der Waals surface area contributed by atoms with Gasteiger partial charge in [-0.1, -0.05) is 31.2 Å². The Morgan fingerprint density at radius 2 is 1.89 bits per heavy atom. The molecular formula is C17H22N2. The van der Waals surface area contributed by atoms with E-state index in [1.807, 2.05) is 0 Å². The second-order valence-corrected chi connectivity index (χ2v) is 5.84. The van der Waals surface area contributed by atoms with Crippen molar-refractivity contribution in [3.63, 3.8) is 0 Å². The van der Waals surface area contributed by atoms with E-state index in [9.17, 15) is 0 Å². The Morgan fingerprint density at radius 3 is 2.58 bits per heavy atom. The Hall–Kier alpha value is -1.54. The van der Waals surface area contributed by atoms with E-state index in [0.717, 1.165) is 30.6 Å². The smallest absolute Gasteiger partial charge is 0.0366 e. The molecule has 0 heterocycles. The third-order valence-corrected chi connectivity index (χ3v) is 4.22. The van der Waals surface area contributed by atoms with Crippen LogP contribution in [-0.2, 0) is 6.54 Å². The third kappa shape index (κ3) is 2.90. The van der Waals surface area contributed by atoms with Gasteiger partial charge in [0.2, 0.25) is 0 Å². The summed E-state index contributed by atoms with van der Waals surface area (Å²) in [5, 5.41) is 6.03. The summed E-state index contributed by atoms with van der Waals surface area (Å²) in [5.41, 5.74) is 8.24. The molecule has 1 fully saturated rings. The molecule has 1 aliphatic rings. The first-order chi connectivity index (χ1) is 9.24. The molecule has 2 heteroatoms. The Labute approximate surface area is 115 Å². The molecule has 0 bridgehead atoms. The fourth-order valence-corrected chi connectivity index (χ4v) is 2.72. The van der Waals surface area contributed by atoms with Crippen molar-refractivity contribution in [2.24, 2.45) is 11.8 Å². The Morgan fingerprint density at radius 1 is 1.21 bits per heavy atom. The van der Waals surface area contributed by atoms with E-state index in [2.05, 4.69) is 48.6 Å². The van der Waals surface area contributed by atoms with Gasteiger partial charge in [0, 0.05) is 12.2 Å². The maximum atomic E-state index is 6.14. The minimum Gasteiger partial charge on any atom is -0.398 e. The topological polar surface area (TPSA) is 38.0 Å². The van der Waals surface area contributed by atoms with Gasteiger partial charge in [-0.05, 0) is 59.7 Å². The van der Waals surface area contributed by atoms with Gasteiger partial charge >= 0.3 is 0 Å². The standard InChI is InChI=1S/C17H22N2/c1-12(13-6-7-13)10-19-11-16-8-14-4-2-3-5-15(14)9-17(16)18/h2-5,8-9,12-13,19H,6-7,10-11,18H2,1H3. The normalized spacial score (nSPS) is 16.7. The van der Waals surface area contributed by atoms with Crippen LogP contribution >= 0.6 is 0 Å². The zero-order chi connectivity index (χ0) is 13.2. The van der Waals surface area contributed by atoms with Crippen molar-refractivity contribution in [2.75, 3.05) is 12.3 Å². The second kappa shape index (κ2) is 5.22. The molecule has 0 aromatic heterocycles. The van der Waals surface area contributed by atoms with Gasteiger partial charge in [0.05, 0.1) is 0 Å². The van der Waals surface area contributed by atoms with E-state index in [4.69, 9.17) is 5.73 Å². The highest BCUT2D eigenvalue weighted by Gasteiger charge is 2.27. The monoisotopic (exact) mass is 254 g/mol. The highest BCUT2D eigenvalue weighted by molar-refractivity contribution is 5.86. The molecule has 0 aliphatic heterocycles. The molecule has 1 saturated carbocycles. The predicted octanol–water partition coefficient (Wildman–Crippen LogP) is 3.56. The van der Waals surface area contributed by atoms with Crippen LogP contribution in [0.15, 0.2) is 36.4 Å². The maximum absolute atomic E-state index is 6.14. The first-order valence-electron chi connectivity index (χ1n) is 7.22. The Balaban J connectivity index is 1.67. The molecule has 100 valence electrons. The molecule has 1 aliphatic carbocycles. The van der Waals surface area contributed by atoms with Crippen molar-refractivity contribution in [2.45, 2.75) is 26.3 Å². The lowest BCUT2D eigenvalue weighted by Gasteiger charge is -2.13. The second-order valence-electron chi connectivity index (χ2n) is 5.84. The summed E-state index contributed by atoms with van der Waals surface area (Å²) in [5.74, 6) is 1.75. The molecule has 3 N–H and O–H groups in total. The summed E-state index contributed by atoms with van der Waals surface area (Å²) in [6.45, 7) is 4.30. The first kappa shape index (κ1) is 12.5. The highest BCUT2D eigenvalue weighted by atomic mass is 14.9. The summed E-state index contributed by atoms with van der Waals surface area (Å²) in [6.07, 6.45) is 2.84. The fraction of sp³-hybridized carbons (Fsp3) is 0.412. The molecular weight excluding hydrogens is 232 g/mol. The van der Waals surface area contributed by atoms with Gasteiger partial charge in [0.1, 0.15) is 0 Å². The van der Waals surface area contributed by atoms with Gasteiger partial charge in [-0.15, -0.1) is 0 Å². The number of nitrogens with one attached hydrogen (secondary N) is 1. The van der Waals surface area contributed by atoms with Crippen molar-refractivity contribution in [1.29, 1.82) is 0 Å². The van der Waals surface area contributed by atoms with Gasteiger partial charge < -0.3 is 11.1 Å². The third-order valence-electron chi connectivity index (χ3n) is 4.22. The van der Waals surface area contributed by atoms with Gasteiger partial charge in [-0.2, -0.15) is 0 Å². The maximum Gasteiger partial charge on any atom is 0.0366 e. The van der Waals surface area contributed by atoms with Crippen LogP contribution < -0.4 is 11.1 Å². The minimum absolute atomic E-state index is 0.793. The summed E-state index contributed by atoms with van der Waals surface area (Å²) < 4.78 is 0. The summed E-state index contributed by atoms with van der Waals surface area (Å²) in [6, 6.07) is 12.7. The number of nitrogens with two attached hydrogens (primary N) is 1. The van der Waals surface area contributed by atoms with Gasteiger partial charge in [-0.25, -0.2) is 0 Å². The van der Waals surface area contributed by atoms with Crippen LogP contribution in [-0.4, -0.2) is 6.54 Å². The number of nitrogen functional groups attached to an aromatic ring is 1. The molecule has 2 aromatic carbocycles. The van der Waals surface area contributed by atoms with Crippen molar-refractivity contribution in [1.82, 2.24) is 5.32 Å². The first-order valence-corrected chi connectivity index (χ1v) is 7.22. The van der Waals surface area contributed by atoms with Crippen molar-refractivity contribution >= 4 is 16.5 Å². The van der Waals surface area contributed by atoms with E-state index in [0.29, 0.717) is 0 Å². The van der Waals surface area contributed by atoms with Crippen LogP contribution in [0.2, 0.25) is 0 Å². The minimum atomic E-state index is 0.793. The lowest BCUT2D eigenvalue weighted by molar-refractivity contribution is 0.462. The average molecular weight is 254 g/mol. The van der Waals surface area contributed by atoms with Crippen LogP contribution in [0.3, 0.4) is 0 Å². The largest absolute Gasteiger partial charge is 0.398 e. The van der Waals surface area contributed by atoms with E-state index < -0.39 is 0 Å². The predicted molar refractivity (Wildman–Crippen MR) is 82.0 cm³/mol. The number of hydrogen-bond acceptors (Lipinski definition) is 2. The summed E-state index contributed by atoms with van der Waals surface area (Å²) in [7, 11) is 0. The molecule has 0 radical (unpaired) electrons. The number of benzene rings is 2. The zero-order valence-electron chi connectivity index (χ0n) is 11.5. The van der Waals surface area contributed by atoms with Crippen molar-refractivity contribution in [3.8, 4) is 0 Å². The molecule has 0 saturated heterocycles. The summed E-state index contributed by atoms with van der Waals surface area (Å²) in [4.78, 5) is 0. The quantitative estimate of drug-likeness (QED) is 0.801. The summed E-state index contributed by atoms with van der Waals surface area (Å²) >= 11 is 0. The lowest BCUT2D eigenvalue weighted by Crippen LogP contribution is -2.22. The van der Waals surface area contributed by atoms with E-state index in [1.54, 1.807) is 0 Å². The molecule has 2 nitrogen and oxygen atoms in total. The van der Waals surface area contributed by atoms with Crippen LogP contribution in [0.1, 0.15) is 25.3 Å². The van der Waals surface area contributed by atoms with Crippen LogP contribution in [0.5, 0.6) is 0 Å². The van der Waals surface area contributed by atoms with Crippen molar-refractivity contribution < 1.29 is 0 Å². The molecule has 1 unspecified atom stereocenters. The van der Waals surface area contributed by atoms with Crippen LogP contribution in [0, 0.1) is 11.8 Å². The SMILES string of the molecule is CC(CNCc1cc2ccccc2cc1N)C1CC1. The Kier molecular flexibility index (Phi) is 3.43. The van der Waals surface area contributed by atoms with Crippen molar-refractivity contribution in [3.05, 3.63) is 42.0 Å². The number of rotatable bonds is 5. The van der Waals surface area contributed by atoms with Gasteiger partial charge in [0.15, 0.2) is 0 Å². The average Bonchev–Trinajstić information content (AvgIpc) is 3.23. The van der Waals surface area contributed by atoms with Crippen LogP contribution in [0.25, 0.3) is 10.8 Å². The number of hydrogen-bond donors (Lipinski definition) is 2. The molecule has 2 aromatic rings. The number of anilines is 1. The van der Waals surface area contributed by atoms with E-state index in [1.165, 1.54) is 29.2 Å². The highest BCUT2D eigenvalue weighted by Crippen LogP contribution is 2.36. The zero-order valence-corrected chi connectivity index (χ0v) is 11.5. The Bertz CT molecular complexity index is 572. The van der Waals surface area contributed by atoms with E-state index >= 15 is 0 Å².